The van der Waals surface area contributed by atoms with E-state index in [1.54, 1.807) is 6.92 Å². The second-order valence-electron chi connectivity index (χ2n) is 11.9. The summed E-state index contributed by atoms with van der Waals surface area (Å²) in [5.74, 6) is -3.08. The average Bonchev–Trinajstić information content (AvgIpc) is 3.01. The van der Waals surface area contributed by atoms with E-state index in [0.29, 0.717) is 6.61 Å². The van der Waals surface area contributed by atoms with Crippen LogP contribution in [0.1, 0.15) is 81.3 Å². The molecule has 1 saturated heterocycles. The molecule has 1 fully saturated rings. The van der Waals surface area contributed by atoms with Gasteiger partial charge in [-0.15, -0.1) is 0 Å². The van der Waals surface area contributed by atoms with Crippen molar-refractivity contribution in [2.75, 3.05) is 7.11 Å². The van der Waals surface area contributed by atoms with Gasteiger partial charge in [-0.25, -0.2) is 0 Å². The predicted molar refractivity (Wildman–Crippen MR) is 159 cm³/mol. The van der Waals surface area contributed by atoms with E-state index in [4.69, 9.17) is 24.7 Å². The second kappa shape index (κ2) is 11.7. The van der Waals surface area contributed by atoms with Gasteiger partial charge in [-0.05, 0) is 25.5 Å². The van der Waals surface area contributed by atoms with Crippen molar-refractivity contribution in [1.29, 1.82) is 0 Å². The molecule has 11 nitrogen and oxygen atoms in total. The van der Waals surface area contributed by atoms with Crippen molar-refractivity contribution >= 4 is 17.3 Å². The van der Waals surface area contributed by atoms with Gasteiger partial charge in [0.05, 0.1) is 48.7 Å². The number of phenols is 2. The predicted octanol–water partition coefficient (Wildman–Crippen LogP) is 3.25. The molecule has 1 heterocycles. The molecule has 3 aromatic carbocycles. The lowest BCUT2D eigenvalue weighted by Crippen LogP contribution is -2.53. The lowest BCUT2D eigenvalue weighted by atomic mass is 9.72. The number of methoxy groups -OCH3 is 1. The molecule has 0 bridgehead atoms. The summed E-state index contributed by atoms with van der Waals surface area (Å²) in [4.78, 5) is 40.1. The highest BCUT2D eigenvalue weighted by molar-refractivity contribution is 6.31. The van der Waals surface area contributed by atoms with Gasteiger partial charge in [0, 0.05) is 42.0 Å². The topological polar surface area (TPSA) is 175 Å². The maximum Gasteiger partial charge on any atom is 0.202 e. The van der Waals surface area contributed by atoms with Gasteiger partial charge in [0.25, 0.3) is 0 Å². The zero-order chi connectivity index (χ0) is 32.2. The van der Waals surface area contributed by atoms with E-state index in [-0.39, 0.29) is 40.8 Å². The Morgan fingerprint density at radius 3 is 2.40 bits per heavy atom. The molecular weight excluding hydrogens is 582 g/mol. The fourth-order valence-corrected chi connectivity index (χ4v) is 6.68. The third-order valence-corrected chi connectivity index (χ3v) is 9.05. The maximum atomic E-state index is 13.8. The second-order valence-corrected chi connectivity index (χ2v) is 11.9. The number of aliphatic hydroxyl groups is 1. The molecule has 0 saturated carbocycles. The summed E-state index contributed by atoms with van der Waals surface area (Å²) in [7, 11) is 1.35. The summed E-state index contributed by atoms with van der Waals surface area (Å²) < 4.78 is 23.8. The normalized spacial score (nSPS) is 27.4. The standard InChI is InChI=1S/C34H35NO10/c1-16-33(43-15-18-8-5-4-6-9-18)21(35)12-24(44-16)45-23-14-34(41,17(2)36)13-20-26(23)32(40)28-27(30(20)38)29(37)19-10-7-11-22(42-3)25(19)31(28)39/h4-11,16,21,23-24,33,38,40-41H,12-15,35H2,1-3H3/t16?,21?,23-,24?,33?,34+/m1/s1. The van der Waals surface area contributed by atoms with E-state index in [2.05, 4.69) is 0 Å². The van der Waals surface area contributed by atoms with E-state index >= 15 is 0 Å². The van der Waals surface area contributed by atoms with Crippen LogP contribution in [0.25, 0.3) is 0 Å². The van der Waals surface area contributed by atoms with E-state index in [9.17, 15) is 29.7 Å². The fourth-order valence-electron chi connectivity index (χ4n) is 6.68. The molecule has 0 radical (unpaired) electrons. The quantitative estimate of drug-likeness (QED) is 0.224. The molecule has 3 aliphatic rings. The zero-order valence-electron chi connectivity index (χ0n) is 25.1. The molecule has 11 heteroatoms. The third kappa shape index (κ3) is 5.20. The van der Waals surface area contributed by atoms with Crippen molar-refractivity contribution in [3.63, 3.8) is 0 Å². The van der Waals surface area contributed by atoms with Gasteiger partial charge in [-0.2, -0.15) is 0 Å². The number of carbonyl (C=O) groups excluding carboxylic acids is 3. The highest BCUT2D eigenvalue weighted by atomic mass is 16.7. The van der Waals surface area contributed by atoms with Crippen LogP contribution in [0.15, 0.2) is 48.5 Å². The SMILES string of the molecule is COc1cccc2c1C(=O)c1c(O)c3c(c(O)c1C2=O)C[C@@](O)(C(C)=O)C[C@H]3OC1CC(N)C(OCc2ccccc2)C(C)O1. The van der Waals surface area contributed by atoms with Gasteiger partial charge >= 0.3 is 0 Å². The van der Waals surface area contributed by atoms with Gasteiger partial charge in [0.2, 0.25) is 5.78 Å². The van der Waals surface area contributed by atoms with Crippen molar-refractivity contribution in [3.05, 3.63) is 87.5 Å². The lowest BCUT2D eigenvalue weighted by Gasteiger charge is -2.43. The third-order valence-electron chi connectivity index (χ3n) is 9.05. The Morgan fingerprint density at radius 2 is 1.73 bits per heavy atom. The van der Waals surface area contributed by atoms with Crippen molar-refractivity contribution in [3.8, 4) is 17.2 Å². The molecule has 2 aliphatic carbocycles. The molecule has 4 unspecified atom stereocenters. The van der Waals surface area contributed by atoms with Crippen LogP contribution in [0.5, 0.6) is 17.2 Å². The lowest BCUT2D eigenvalue weighted by molar-refractivity contribution is -0.254. The Morgan fingerprint density at radius 1 is 1.02 bits per heavy atom. The van der Waals surface area contributed by atoms with Gasteiger partial charge in [-0.1, -0.05) is 42.5 Å². The largest absolute Gasteiger partial charge is 0.507 e. The number of Topliss-reactive ketones (excluding diaryl/α,β-unsaturated/α-hetero) is 1. The number of nitrogens with two attached hydrogens (primary N) is 1. The van der Waals surface area contributed by atoms with E-state index in [0.717, 1.165) is 5.56 Å². The Labute approximate surface area is 259 Å². The van der Waals surface area contributed by atoms with Crippen LogP contribution in [0.3, 0.4) is 0 Å². The van der Waals surface area contributed by atoms with Gasteiger partial charge in [0.1, 0.15) is 22.8 Å². The first-order valence-corrected chi connectivity index (χ1v) is 14.8. The molecular formula is C34H35NO10. The highest BCUT2D eigenvalue weighted by Crippen LogP contribution is 2.52. The molecule has 0 amide bonds. The number of benzene rings is 3. The Kier molecular flexibility index (Phi) is 8.00. The Bertz CT molecular complexity index is 1680. The van der Waals surface area contributed by atoms with Crippen LogP contribution in [0.4, 0.5) is 0 Å². The summed E-state index contributed by atoms with van der Waals surface area (Å²) in [6.45, 7) is 3.33. The van der Waals surface area contributed by atoms with Crippen molar-refractivity contribution in [2.24, 2.45) is 5.73 Å². The van der Waals surface area contributed by atoms with Crippen LogP contribution in [-0.2, 0) is 32.0 Å². The van der Waals surface area contributed by atoms with Gasteiger partial charge in [-0.3, -0.25) is 14.4 Å². The summed E-state index contributed by atoms with van der Waals surface area (Å²) in [5.41, 5.74) is 4.55. The van der Waals surface area contributed by atoms with Crippen LogP contribution in [0, 0.1) is 0 Å². The number of ketones is 3. The number of hydrogen-bond acceptors (Lipinski definition) is 11. The first kappa shape index (κ1) is 30.9. The molecule has 0 spiro atoms. The number of fused-ring (bicyclic) bond motifs is 3. The number of rotatable bonds is 7. The molecule has 6 atom stereocenters. The molecule has 1 aliphatic heterocycles. The smallest absolute Gasteiger partial charge is 0.202 e. The summed E-state index contributed by atoms with van der Waals surface area (Å²) >= 11 is 0. The Balaban J connectivity index is 1.35. The summed E-state index contributed by atoms with van der Waals surface area (Å²) in [5, 5.41) is 34.6. The number of aromatic hydroxyl groups is 2. The zero-order valence-corrected chi connectivity index (χ0v) is 25.1. The minimum Gasteiger partial charge on any atom is -0.507 e. The first-order chi connectivity index (χ1) is 21.4. The monoisotopic (exact) mass is 617 g/mol. The summed E-state index contributed by atoms with van der Waals surface area (Å²) in [6, 6.07) is 13.6. The highest BCUT2D eigenvalue weighted by Gasteiger charge is 2.49. The molecule has 6 rings (SSSR count). The number of ether oxygens (including phenoxy) is 4. The minimum absolute atomic E-state index is 0.00504. The number of hydrogen-bond donors (Lipinski definition) is 4. The molecule has 236 valence electrons. The first-order valence-electron chi connectivity index (χ1n) is 14.8. The number of phenolic OH excluding ortho intramolecular Hbond substituents is 2. The van der Waals surface area contributed by atoms with Gasteiger partial charge in [0.15, 0.2) is 17.9 Å². The molecule has 0 aromatic heterocycles. The van der Waals surface area contributed by atoms with Crippen LogP contribution < -0.4 is 10.5 Å². The maximum absolute atomic E-state index is 13.8. The fraction of sp³-hybridized carbons (Fsp3) is 0.382. The van der Waals surface area contributed by atoms with Crippen molar-refractivity contribution in [1.82, 2.24) is 0 Å². The summed E-state index contributed by atoms with van der Waals surface area (Å²) in [6.07, 6.45) is -3.67. The molecule has 5 N–H and O–H groups in total. The minimum atomic E-state index is -2.00. The number of carbonyl (C=O) groups is 3. The van der Waals surface area contributed by atoms with Crippen molar-refractivity contribution < 1.29 is 48.7 Å². The van der Waals surface area contributed by atoms with Crippen LogP contribution in [-0.4, -0.2) is 69.9 Å². The average molecular weight is 618 g/mol. The van der Waals surface area contributed by atoms with Crippen molar-refractivity contribution in [2.45, 2.75) is 76.0 Å². The van der Waals surface area contributed by atoms with E-state index in [1.807, 2.05) is 30.3 Å². The molecule has 3 aromatic rings. The Hall–Kier alpha value is -4.13. The van der Waals surface area contributed by atoms with E-state index in [1.165, 1.54) is 32.2 Å². The van der Waals surface area contributed by atoms with Crippen LogP contribution in [0.2, 0.25) is 0 Å². The molecule has 45 heavy (non-hydrogen) atoms. The van der Waals surface area contributed by atoms with E-state index < -0.39 is 82.6 Å². The van der Waals surface area contributed by atoms with Gasteiger partial charge < -0.3 is 40.0 Å². The van der Waals surface area contributed by atoms with Crippen LogP contribution >= 0.6 is 0 Å².